The van der Waals surface area contributed by atoms with Gasteiger partial charge >= 0.3 is 0 Å². The number of nitro benzene ring substituents is 1. The van der Waals surface area contributed by atoms with E-state index in [-0.39, 0.29) is 16.7 Å². The first-order chi connectivity index (χ1) is 10.1. The van der Waals surface area contributed by atoms with Crippen molar-refractivity contribution in [2.75, 3.05) is 12.4 Å². The van der Waals surface area contributed by atoms with Gasteiger partial charge in [0.1, 0.15) is 5.69 Å². The van der Waals surface area contributed by atoms with Crippen LogP contribution >= 0.6 is 0 Å². The number of hydrogen-bond donors (Lipinski definition) is 2. The molecule has 2 rings (SSSR count). The van der Waals surface area contributed by atoms with Crippen molar-refractivity contribution in [3.8, 4) is 0 Å². The third-order valence-electron chi connectivity index (χ3n) is 3.35. The van der Waals surface area contributed by atoms with Crippen LogP contribution in [0.15, 0.2) is 42.7 Å². The predicted molar refractivity (Wildman–Crippen MR) is 82.1 cm³/mol. The summed E-state index contributed by atoms with van der Waals surface area (Å²) in [6, 6.07) is 9.25. The van der Waals surface area contributed by atoms with Gasteiger partial charge in [-0.2, -0.15) is 0 Å². The maximum absolute atomic E-state index is 11.0. The molecule has 1 aromatic heterocycles. The van der Waals surface area contributed by atoms with Gasteiger partial charge in [0.15, 0.2) is 0 Å². The first kappa shape index (κ1) is 14.9. The van der Waals surface area contributed by atoms with E-state index in [9.17, 15) is 10.1 Å². The lowest BCUT2D eigenvalue weighted by Gasteiger charge is -2.14. The van der Waals surface area contributed by atoms with Crippen molar-refractivity contribution < 1.29 is 4.92 Å². The highest BCUT2D eigenvalue weighted by Gasteiger charge is 2.13. The number of benzene rings is 1. The number of nitrogens with zero attached hydrogens (tertiary/aromatic N) is 2. The van der Waals surface area contributed by atoms with Crippen LogP contribution < -0.4 is 10.6 Å². The number of pyridine rings is 1. The van der Waals surface area contributed by atoms with Gasteiger partial charge in [0.25, 0.3) is 5.69 Å². The van der Waals surface area contributed by atoms with Gasteiger partial charge < -0.3 is 10.6 Å². The molecule has 1 unspecified atom stereocenters. The van der Waals surface area contributed by atoms with Gasteiger partial charge in [-0.1, -0.05) is 6.07 Å². The van der Waals surface area contributed by atoms with Crippen molar-refractivity contribution in [3.05, 3.63) is 64.0 Å². The molecule has 110 valence electrons. The van der Waals surface area contributed by atoms with Gasteiger partial charge in [-0.05, 0) is 36.2 Å². The van der Waals surface area contributed by atoms with Crippen LogP contribution in [0.4, 0.5) is 11.4 Å². The summed E-state index contributed by atoms with van der Waals surface area (Å²) in [6.45, 7) is 2.61. The summed E-state index contributed by atoms with van der Waals surface area (Å²) in [7, 11) is 1.67. The number of aromatic nitrogens is 1. The molecule has 1 heterocycles. The van der Waals surface area contributed by atoms with Crippen LogP contribution in [0.1, 0.15) is 24.1 Å². The largest absolute Gasteiger partial charge is 0.383 e. The molecule has 2 N–H and O–H groups in total. The van der Waals surface area contributed by atoms with E-state index < -0.39 is 0 Å². The molecule has 2 aromatic rings. The average Bonchev–Trinajstić information content (AvgIpc) is 2.53. The smallest absolute Gasteiger partial charge is 0.292 e. The number of anilines is 1. The number of rotatable bonds is 6. The number of nitrogens with one attached hydrogen (secondary N) is 2. The van der Waals surface area contributed by atoms with Crippen LogP contribution in [0.3, 0.4) is 0 Å². The molecule has 6 heteroatoms. The van der Waals surface area contributed by atoms with Crippen LogP contribution in [0.5, 0.6) is 0 Å². The molecule has 0 saturated heterocycles. The quantitative estimate of drug-likeness (QED) is 0.630. The fourth-order valence-electron chi connectivity index (χ4n) is 2.09. The zero-order valence-electron chi connectivity index (χ0n) is 12.0. The Morgan fingerprint density at radius 3 is 2.62 bits per heavy atom. The minimum Gasteiger partial charge on any atom is -0.383 e. The van der Waals surface area contributed by atoms with Crippen molar-refractivity contribution in [3.63, 3.8) is 0 Å². The van der Waals surface area contributed by atoms with E-state index in [0.717, 1.165) is 11.1 Å². The molecule has 0 radical (unpaired) electrons. The molecule has 21 heavy (non-hydrogen) atoms. The molecule has 0 aliphatic carbocycles. The Bertz CT molecular complexity index is 616. The van der Waals surface area contributed by atoms with Gasteiger partial charge in [-0.25, -0.2) is 0 Å². The maximum Gasteiger partial charge on any atom is 0.292 e. The highest BCUT2D eigenvalue weighted by molar-refractivity contribution is 5.62. The van der Waals surface area contributed by atoms with Crippen molar-refractivity contribution in [1.29, 1.82) is 0 Å². The summed E-state index contributed by atoms with van der Waals surface area (Å²) >= 11 is 0. The monoisotopic (exact) mass is 286 g/mol. The van der Waals surface area contributed by atoms with E-state index in [1.165, 1.54) is 0 Å². The topological polar surface area (TPSA) is 80.1 Å². The zero-order chi connectivity index (χ0) is 15.2. The second-order valence-electron chi connectivity index (χ2n) is 4.74. The summed E-state index contributed by atoms with van der Waals surface area (Å²) in [5, 5.41) is 17.2. The molecule has 0 aliphatic heterocycles. The molecule has 0 bridgehead atoms. The van der Waals surface area contributed by atoms with Gasteiger partial charge in [0.05, 0.1) is 4.92 Å². The molecule has 0 aliphatic rings. The fourth-order valence-corrected chi connectivity index (χ4v) is 2.09. The zero-order valence-corrected chi connectivity index (χ0v) is 12.0. The number of nitro groups is 1. The van der Waals surface area contributed by atoms with Crippen molar-refractivity contribution >= 4 is 11.4 Å². The standard InChI is InChI=1S/C15H18N4O2/c1-11(13-5-7-17-8-6-13)18-10-12-3-4-14(16-2)15(9-12)19(20)21/h3-9,11,16,18H,10H2,1-2H3. The first-order valence-corrected chi connectivity index (χ1v) is 6.70. The molecule has 1 atom stereocenters. The molecule has 0 fully saturated rings. The van der Waals surface area contributed by atoms with E-state index in [0.29, 0.717) is 12.2 Å². The fraction of sp³-hybridized carbons (Fsp3) is 0.267. The van der Waals surface area contributed by atoms with E-state index in [1.807, 2.05) is 25.1 Å². The predicted octanol–water partition coefficient (Wildman–Crippen LogP) is 2.88. The molecule has 0 amide bonds. The van der Waals surface area contributed by atoms with Crippen LogP contribution in [0, 0.1) is 10.1 Å². The second kappa shape index (κ2) is 6.81. The Labute approximate surface area is 123 Å². The van der Waals surface area contributed by atoms with Crippen LogP contribution in [0.25, 0.3) is 0 Å². The molecule has 1 aromatic carbocycles. The molecular formula is C15H18N4O2. The summed E-state index contributed by atoms with van der Waals surface area (Å²) in [4.78, 5) is 14.6. The molecule has 0 spiro atoms. The van der Waals surface area contributed by atoms with E-state index in [2.05, 4.69) is 15.6 Å². The normalized spacial score (nSPS) is 11.9. The van der Waals surface area contributed by atoms with Gasteiger partial charge in [-0.3, -0.25) is 15.1 Å². The summed E-state index contributed by atoms with van der Waals surface area (Å²) in [5.74, 6) is 0. The van der Waals surface area contributed by atoms with Crippen LogP contribution in [-0.2, 0) is 6.54 Å². The summed E-state index contributed by atoms with van der Waals surface area (Å²) in [5.41, 5.74) is 2.62. The first-order valence-electron chi connectivity index (χ1n) is 6.70. The molecule has 0 saturated carbocycles. The Morgan fingerprint density at radius 2 is 2.00 bits per heavy atom. The Kier molecular flexibility index (Phi) is 4.84. The Hall–Kier alpha value is -2.47. The van der Waals surface area contributed by atoms with Crippen molar-refractivity contribution in [2.24, 2.45) is 0 Å². The van der Waals surface area contributed by atoms with E-state index in [1.54, 1.807) is 31.6 Å². The highest BCUT2D eigenvalue weighted by atomic mass is 16.6. The lowest BCUT2D eigenvalue weighted by atomic mass is 10.1. The average molecular weight is 286 g/mol. The Morgan fingerprint density at radius 1 is 1.29 bits per heavy atom. The van der Waals surface area contributed by atoms with Crippen molar-refractivity contribution in [1.82, 2.24) is 10.3 Å². The third-order valence-corrected chi connectivity index (χ3v) is 3.35. The SMILES string of the molecule is CNc1ccc(CNC(C)c2ccncc2)cc1[N+](=O)[O-]. The maximum atomic E-state index is 11.0. The lowest BCUT2D eigenvalue weighted by molar-refractivity contribution is -0.384. The van der Waals surface area contributed by atoms with Gasteiger partial charge in [0.2, 0.25) is 0 Å². The highest BCUT2D eigenvalue weighted by Crippen LogP contribution is 2.25. The molecular weight excluding hydrogens is 268 g/mol. The van der Waals surface area contributed by atoms with Gasteiger partial charge in [0, 0.05) is 38.1 Å². The second-order valence-corrected chi connectivity index (χ2v) is 4.74. The van der Waals surface area contributed by atoms with Crippen molar-refractivity contribution in [2.45, 2.75) is 19.5 Å². The Balaban J connectivity index is 2.07. The van der Waals surface area contributed by atoms with E-state index >= 15 is 0 Å². The molecule has 6 nitrogen and oxygen atoms in total. The minimum atomic E-state index is -0.373. The van der Waals surface area contributed by atoms with E-state index in [4.69, 9.17) is 0 Å². The van der Waals surface area contributed by atoms with Gasteiger partial charge in [-0.15, -0.1) is 0 Å². The minimum absolute atomic E-state index is 0.0911. The lowest BCUT2D eigenvalue weighted by Crippen LogP contribution is -2.18. The third kappa shape index (κ3) is 3.76. The van der Waals surface area contributed by atoms with Crippen LogP contribution in [0.2, 0.25) is 0 Å². The summed E-state index contributed by atoms with van der Waals surface area (Å²) < 4.78 is 0. The number of hydrogen-bond acceptors (Lipinski definition) is 5. The summed E-state index contributed by atoms with van der Waals surface area (Å²) in [6.07, 6.45) is 3.50. The van der Waals surface area contributed by atoms with Crippen LogP contribution in [-0.4, -0.2) is 17.0 Å².